The number of nitrogens with zero attached hydrogens (tertiary/aromatic N) is 1. The lowest BCUT2D eigenvalue weighted by Crippen LogP contribution is -2.39. The molecule has 0 aliphatic carbocycles. The quantitative estimate of drug-likeness (QED) is 0.390. The zero-order valence-corrected chi connectivity index (χ0v) is 13.4. The van der Waals surface area contributed by atoms with Crippen LogP contribution in [-0.2, 0) is 4.74 Å². The Bertz CT molecular complexity index is 412. The Hall–Kier alpha value is -0.820. The van der Waals surface area contributed by atoms with Gasteiger partial charge in [-0.2, -0.15) is 0 Å². The first-order valence-corrected chi connectivity index (χ1v) is 7.90. The van der Waals surface area contributed by atoms with Crippen molar-refractivity contribution in [1.82, 2.24) is 10.6 Å². The van der Waals surface area contributed by atoms with Gasteiger partial charge in [-0.25, -0.2) is 0 Å². The van der Waals surface area contributed by atoms with Gasteiger partial charge in [0.25, 0.3) is 0 Å². The van der Waals surface area contributed by atoms with Gasteiger partial charge in [0, 0.05) is 24.6 Å². The summed E-state index contributed by atoms with van der Waals surface area (Å²) >= 11 is 7.22. The van der Waals surface area contributed by atoms with Crippen molar-refractivity contribution in [3.8, 4) is 0 Å². The molecule has 1 aromatic rings. The minimum Gasteiger partial charge on any atom is -0.386 e. The molecular formula is C13H22ClN3O2S. The number of hydrogen-bond donors (Lipinski definition) is 3. The van der Waals surface area contributed by atoms with Crippen LogP contribution in [0.15, 0.2) is 17.1 Å². The highest BCUT2D eigenvalue weighted by Crippen LogP contribution is 2.26. The number of nitrogens with one attached hydrogen (secondary N) is 2. The molecule has 3 N–H and O–H groups in total. The number of aliphatic hydroxyl groups excluding tert-OH is 1. The lowest BCUT2D eigenvalue weighted by molar-refractivity contribution is 0.152. The Morgan fingerprint density at radius 3 is 2.85 bits per heavy atom. The van der Waals surface area contributed by atoms with Crippen molar-refractivity contribution in [1.29, 1.82) is 0 Å². The van der Waals surface area contributed by atoms with Crippen molar-refractivity contribution in [2.75, 3.05) is 32.8 Å². The summed E-state index contributed by atoms with van der Waals surface area (Å²) in [6.45, 7) is 7.02. The molecule has 0 aliphatic heterocycles. The molecule has 0 saturated heterocycles. The van der Waals surface area contributed by atoms with Gasteiger partial charge in [-0.05, 0) is 26.0 Å². The second kappa shape index (κ2) is 9.99. The summed E-state index contributed by atoms with van der Waals surface area (Å²) < 4.78 is 5.92. The highest BCUT2D eigenvalue weighted by Gasteiger charge is 2.10. The second-order valence-corrected chi connectivity index (χ2v) is 5.75. The summed E-state index contributed by atoms with van der Waals surface area (Å²) in [5.74, 6) is 0.675. The van der Waals surface area contributed by atoms with E-state index in [0.29, 0.717) is 36.6 Å². The summed E-state index contributed by atoms with van der Waals surface area (Å²) in [7, 11) is 0. The fraction of sp³-hybridized carbons (Fsp3) is 0.615. The van der Waals surface area contributed by atoms with Crippen molar-refractivity contribution in [2.24, 2.45) is 4.99 Å². The zero-order valence-electron chi connectivity index (χ0n) is 11.9. The van der Waals surface area contributed by atoms with Crippen LogP contribution in [0, 0.1) is 0 Å². The molecular weight excluding hydrogens is 298 g/mol. The number of guanidine groups is 1. The van der Waals surface area contributed by atoms with Crippen molar-refractivity contribution >= 4 is 28.9 Å². The van der Waals surface area contributed by atoms with Gasteiger partial charge in [-0.3, -0.25) is 4.99 Å². The van der Waals surface area contributed by atoms with E-state index in [1.165, 1.54) is 11.3 Å². The van der Waals surface area contributed by atoms with Gasteiger partial charge >= 0.3 is 0 Å². The van der Waals surface area contributed by atoms with Crippen LogP contribution in [0.3, 0.4) is 0 Å². The Balaban J connectivity index is 2.44. The minimum atomic E-state index is -0.630. The van der Waals surface area contributed by atoms with E-state index < -0.39 is 6.10 Å². The molecule has 0 amide bonds. The van der Waals surface area contributed by atoms with Gasteiger partial charge in [-0.15, -0.1) is 11.3 Å². The number of ether oxygens (including phenoxy) is 1. The lowest BCUT2D eigenvalue weighted by atomic mass is 10.3. The first-order valence-electron chi connectivity index (χ1n) is 6.70. The predicted molar refractivity (Wildman–Crippen MR) is 84.8 cm³/mol. The van der Waals surface area contributed by atoms with Gasteiger partial charge in [0.15, 0.2) is 5.96 Å². The van der Waals surface area contributed by atoms with Gasteiger partial charge in [-0.1, -0.05) is 11.6 Å². The fourth-order valence-corrected chi connectivity index (χ4v) is 2.54. The highest BCUT2D eigenvalue weighted by atomic mass is 35.5. The second-order valence-electron chi connectivity index (χ2n) is 4.00. The Morgan fingerprint density at radius 1 is 1.45 bits per heavy atom. The molecule has 0 spiro atoms. The molecule has 0 saturated carbocycles. The summed E-state index contributed by atoms with van der Waals surface area (Å²) in [6.07, 6.45) is -0.630. The third kappa shape index (κ3) is 6.56. The van der Waals surface area contributed by atoms with Crippen LogP contribution < -0.4 is 10.6 Å². The van der Waals surface area contributed by atoms with E-state index in [9.17, 15) is 5.11 Å². The first-order chi connectivity index (χ1) is 9.67. The Kier molecular flexibility index (Phi) is 8.60. The zero-order chi connectivity index (χ0) is 14.8. The molecule has 20 heavy (non-hydrogen) atoms. The minimum absolute atomic E-state index is 0.292. The average Bonchev–Trinajstić information content (AvgIpc) is 2.87. The molecule has 0 aromatic carbocycles. The number of aliphatic hydroxyl groups is 1. The first kappa shape index (κ1) is 17.2. The molecule has 1 heterocycles. The summed E-state index contributed by atoms with van der Waals surface area (Å²) in [5.41, 5.74) is 0. The van der Waals surface area contributed by atoms with Crippen LogP contribution in [0.2, 0.25) is 4.34 Å². The molecule has 114 valence electrons. The maximum atomic E-state index is 10.0. The van der Waals surface area contributed by atoms with E-state index in [0.717, 1.165) is 11.4 Å². The van der Waals surface area contributed by atoms with Crippen molar-refractivity contribution in [2.45, 2.75) is 20.0 Å². The highest BCUT2D eigenvalue weighted by molar-refractivity contribution is 7.16. The fourth-order valence-electron chi connectivity index (χ4n) is 1.50. The van der Waals surface area contributed by atoms with Crippen LogP contribution in [0.1, 0.15) is 24.8 Å². The summed E-state index contributed by atoms with van der Waals surface area (Å²) in [4.78, 5) is 5.17. The molecule has 7 heteroatoms. The molecule has 0 fully saturated rings. The van der Waals surface area contributed by atoms with Crippen LogP contribution in [0.5, 0.6) is 0 Å². The maximum Gasteiger partial charge on any atom is 0.191 e. The van der Waals surface area contributed by atoms with Crippen molar-refractivity contribution < 1.29 is 9.84 Å². The number of rotatable bonds is 8. The Morgan fingerprint density at radius 2 is 2.25 bits per heavy atom. The van der Waals surface area contributed by atoms with Gasteiger partial charge in [0.05, 0.1) is 17.5 Å². The molecule has 0 aliphatic rings. The number of thiophene rings is 1. The van der Waals surface area contributed by atoms with E-state index in [2.05, 4.69) is 15.6 Å². The Labute approximate surface area is 129 Å². The van der Waals surface area contributed by atoms with Gasteiger partial charge < -0.3 is 20.5 Å². The van der Waals surface area contributed by atoms with Crippen molar-refractivity contribution in [3.05, 3.63) is 21.3 Å². The average molecular weight is 320 g/mol. The van der Waals surface area contributed by atoms with E-state index >= 15 is 0 Å². The van der Waals surface area contributed by atoms with Crippen LogP contribution in [0.25, 0.3) is 0 Å². The number of halogens is 1. The molecule has 1 rings (SSSR count). The number of hydrogen-bond acceptors (Lipinski definition) is 4. The normalized spacial score (nSPS) is 13.3. The molecule has 1 unspecified atom stereocenters. The maximum absolute atomic E-state index is 10.0. The monoisotopic (exact) mass is 319 g/mol. The molecule has 0 bridgehead atoms. The summed E-state index contributed by atoms with van der Waals surface area (Å²) in [5, 5.41) is 16.3. The van der Waals surface area contributed by atoms with E-state index in [-0.39, 0.29) is 0 Å². The molecule has 5 nitrogen and oxygen atoms in total. The van der Waals surface area contributed by atoms with Crippen molar-refractivity contribution in [3.63, 3.8) is 0 Å². The lowest BCUT2D eigenvalue weighted by Gasteiger charge is -2.12. The van der Waals surface area contributed by atoms with Crippen LogP contribution in [-0.4, -0.2) is 43.9 Å². The van der Waals surface area contributed by atoms with Crippen LogP contribution in [0.4, 0.5) is 0 Å². The van der Waals surface area contributed by atoms with Gasteiger partial charge in [0.1, 0.15) is 6.10 Å². The molecule has 0 radical (unpaired) electrons. The SMILES string of the molecule is CCNC(=NCC(O)c1ccc(Cl)s1)NCCOCC. The number of aliphatic imine (C=N–C) groups is 1. The topological polar surface area (TPSA) is 65.9 Å². The summed E-state index contributed by atoms with van der Waals surface area (Å²) in [6, 6.07) is 3.60. The largest absolute Gasteiger partial charge is 0.386 e. The van der Waals surface area contributed by atoms with E-state index in [4.69, 9.17) is 16.3 Å². The van der Waals surface area contributed by atoms with E-state index in [1.54, 1.807) is 6.07 Å². The standard InChI is InChI=1S/C13H22ClN3O2S/c1-3-15-13(16-7-8-19-4-2)17-9-10(18)11-5-6-12(14)20-11/h5-6,10,18H,3-4,7-9H2,1-2H3,(H2,15,16,17). The molecule has 1 atom stereocenters. The molecule has 1 aromatic heterocycles. The smallest absolute Gasteiger partial charge is 0.191 e. The van der Waals surface area contributed by atoms with Gasteiger partial charge in [0.2, 0.25) is 0 Å². The predicted octanol–water partition coefficient (Wildman–Crippen LogP) is 2.03. The van der Waals surface area contributed by atoms with Crippen LogP contribution >= 0.6 is 22.9 Å². The third-order valence-corrected chi connectivity index (χ3v) is 3.76. The third-order valence-electron chi connectivity index (χ3n) is 2.43. The van der Waals surface area contributed by atoms with E-state index in [1.807, 2.05) is 19.9 Å².